The first-order valence-electron chi connectivity index (χ1n) is 4.69. The van der Waals surface area contributed by atoms with Crippen LogP contribution in [0.4, 0.5) is 8.78 Å². The third kappa shape index (κ3) is 3.07. The molecule has 14 heavy (non-hydrogen) atoms. The van der Waals surface area contributed by atoms with Crippen LogP contribution in [0, 0.1) is 0 Å². The van der Waals surface area contributed by atoms with Crippen LogP contribution >= 0.6 is 0 Å². The van der Waals surface area contributed by atoms with Crippen molar-refractivity contribution < 1.29 is 8.78 Å². The molecule has 0 heterocycles. The second kappa shape index (κ2) is 4.51. The van der Waals surface area contributed by atoms with Crippen LogP contribution in [-0.4, -0.2) is 12.6 Å². The minimum atomic E-state index is -2.79. The number of hydrogen-bond donors (Lipinski definition) is 1. The maximum Gasteiger partial charge on any atom is 0.285 e. The molecule has 1 aromatic carbocycles. The van der Waals surface area contributed by atoms with Crippen LogP contribution < -0.4 is 5.32 Å². The predicted molar refractivity (Wildman–Crippen MR) is 53.5 cm³/mol. The van der Waals surface area contributed by atoms with Gasteiger partial charge in [0.25, 0.3) is 5.92 Å². The number of halogens is 2. The zero-order valence-corrected chi connectivity index (χ0v) is 8.43. The lowest BCUT2D eigenvalue weighted by molar-refractivity contribution is -0.00483. The molecule has 1 aromatic rings. The maximum absolute atomic E-state index is 13.5. The summed E-state index contributed by atoms with van der Waals surface area (Å²) >= 11 is 0. The van der Waals surface area contributed by atoms with Crippen LogP contribution in [0.1, 0.15) is 19.4 Å². The first-order chi connectivity index (χ1) is 6.52. The Morgan fingerprint density at radius 3 is 2.29 bits per heavy atom. The number of hydrogen-bond acceptors (Lipinski definition) is 1. The second-order valence-corrected chi connectivity index (χ2v) is 3.61. The van der Waals surface area contributed by atoms with E-state index in [9.17, 15) is 8.78 Å². The third-order valence-corrected chi connectivity index (χ3v) is 1.93. The van der Waals surface area contributed by atoms with Crippen molar-refractivity contribution in [3.05, 3.63) is 35.9 Å². The Labute approximate surface area is 83.1 Å². The summed E-state index contributed by atoms with van der Waals surface area (Å²) in [5, 5.41) is 2.73. The van der Waals surface area contributed by atoms with Gasteiger partial charge < -0.3 is 5.32 Å². The van der Waals surface area contributed by atoms with Crippen molar-refractivity contribution in [2.45, 2.75) is 25.8 Å². The lowest BCUT2D eigenvalue weighted by Crippen LogP contribution is -2.34. The van der Waals surface area contributed by atoms with Gasteiger partial charge in [-0.05, 0) is 0 Å². The van der Waals surface area contributed by atoms with Crippen molar-refractivity contribution in [2.75, 3.05) is 6.54 Å². The highest BCUT2D eigenvalue weighted by atomic mass is 19.3. The fraction of sp³-hybridized carbons (Fsp3) is 0.455. The summed E-state index contributed by atoms with van der Waals surface area (Å²) in [6.07, 6.45) is 0. The zero-order chi connectivity index (χ0) is 10.6. The highest BCUT2D eigenvalue weighted by molar-refractivity contribution is 5.20. The first-order valence-corrected chi connectivity index (χ1v) is 4.69. The molecule has 1 rings (SSSR count). The van der Waals surface area contributed by atoms with E-state index in [0.29, 0.717) is 0 Å². The van der Waals surface area contributed by atoms with Gasteiger partial charge in [-0.25, -0.2) is 0 Å². The summed E-state index contributed by atoms with van der Waals surface area (Å²) in [7, 11) is 0. The lowest BCUT2D eigenvalue weighted by Gasteiger charge is -2.18. The van der Waals surface area contributed by atoms with Gasteiger partial charge in [-0.1, -0.05) is 44.2 Å². The van der Waals surface area contributed by atoms with Gasteiger partial charge in [-0.15, -0.1) is 0 Å². The van der Waals surface area contributed by atoms with Crippen molar-refractivity contribution in [1.29, 1.82) is 0 Å². The number of benzene rings is 1. The minimum absolute atomic E-state index is 0.0631. The molecular formula is C11H15F2N. The van der Waals surface area contributed by atoms with Gasteiger partial charge in [0.2, 0.25) is 0 Å². The van der Waals surface area contributed by atoms with E-state index >= 15 is 0 Å². The highest BCUT2D eigenvalue weighted by Crippen LogP contribution is 2.26. The topological polar surface area (TPSA) is 12.0 Å². The minimum Gasteiger partial charge on any atom is -0.309 e. The van der Waals surface area contributed by atoms with Gasteiger partial charge in [0.05, 0.1) is 6.54 Å². The summed E-state index contributed by atoms with van der Waals surface area (Å²) in [4.78, 5) is 0. The van der Waals surface area contributed by atoms with Crippen molar-refractivity contribution in [3.63, 3.8) is 0 Å². The summed E-state index contributed by atoms with van der Waals surface area (Å²) in [5.41, 5.74) is 0.0631. The number of alkyl halides is 2. The summed E-state index contributed by atoms with van der Waals surface area (Å²) in [6.45, 7) is 3.39. The molecule has 0 radical (unpaired) electrons. The van der Waals surface area contributed by atoms with Crippen molar-refractivity contribution in [2.24, 2.45) is 0 Å². The fourth-order valence-electron chi connectivity index (χ4n) is 1.12. The molecule has 0 saturated carbocycles. The fourth-order valence-corrected chi connectivity index (χ4v) is 1.12. The summed E-state index contributed by atoms with van der Waals surface area (Å²) < 4.78 is 26.9. The average Bonchev–Trinajstić information content (AvgIpc) is 2.16. The normalized spacial score (nSPS) is 12.1. The van der Waals surface area contributed by atoms with E-state index in [1.807, 2.05) is 13.8 Å². The summed E-state index contributed by atoms with van der Waals surface area (Å²) in [6, 6.07) is 7.95. The van der Waals surface area contributed by atoms with Crippen molar-refractivity contribution >= 4 is 0 Å². The Morgan fingerprint density at radius 1 is 1.21 bits per heavy atom. The van der Waals surface area contributed by atoms with E-state index in [1.165, 1.54) is 12.1 Å². The van der Waals surface area contributed by atoms with Gasteiger partial charge >= 0.3 is 0 Å². The van der Waals surface area contributed by atoms with Crippen LogP contribution in [0.25, 0.3) is 0 Å². The molecule has 0 aliphatic heterocycles. The standard InChI is InChI=1S/C11H15F2N/c1-9(2)14-8-11(12,13)10-6-4-3-5-7-10/h3-7,9,14H,8H2,1-2H3. The van der Waals surface area contributed by atoms with Gasteiger partial charge in [0.15, 0.2) is 0 Å². The van der Waals surface area contributed by atoms with E-state index < -0.39 is 5.92 Å². The van der Waals surface area contributed by atoms with E-state index in [2.05, 4.69) is 5.32 Å². The molecule has 0 bridgehead atoms. The van der Waals surface area contributed by atoms with Crippen LogP contribution in [0.15, 0.2) is 30.3 Å². The monoisotopic (exact) mass is 199 g/mol. The molecule has 0 aromatic heterocycles. The third-order valence-electron chi connectivity index (χ3n) is 1.93. The van der Waals surface area contributed by atoms with Crippen molar-refractivity contribution in [3.8, 4) is 0 Å². The molecule has 0 aliphatic rings. The Hall–Kier alpha value is -0.960. The van der Waals surface area contributed by atoms with E-state index in [4.69, 9.17) is 0 Å². The molecular weight excluding hydrogens is 184 g/mol. The number of rotatable bonds is 4. The molecule has 0 saturated heterocycles. The molecule has 0 spiro atoms. The molecule has 0 fully saturated rings. The van der Waals surface area contributed by atoms with Gasteiger partial charge in [0.1, 0.15) is 0 Å². The number of nitrogens with one attached hydrogen (secondary N) is 1. The molecule has 0 unspecified atom stereocenters. The second-order valence-electron chi connectivity index (χ2n) is 3.61. The molecule has 1 nitrogen and oxygen atoms in total. The SMILES string of the molecule is CC(C)NCC(F)(F)c1ccccc1. The zero-order valence-electron chi connectivity index (χ0n) is 8.43. The Morgan fingerprint density at radius 2 is 1.79 bits per heavy atom. The van der Waals surface area contributed by atoms with Crippen molar-refractivity contribution in [1.82, 2.24) is 5.32 Å². The molecule has 3 heteroatoms. The molecule has 0 atom stereocenters. The smallest absolute Gasteiger partial charge is 0.285 e. The average molecular weight is 199 g/mol. The highest BCUT2D eigenvalue weighted by Gasteiger charge is 2.30. The van der Waals surface area contributed by atoms with E-state index in [-0.39, 0.29) is 18.2 Å². The van der Waals surface area contributed by atoms with E-state index in [1.54, 1.807) is 18.2 Å². The Bertz CT molecular complexity index is 270. The van der Waals surface area contributed by atoms with Crippen LogP contribution in [-0.2, 0) is 5.92 Å². The lowest BCUT2D eigenvalue weighted by atomic mass is 10.1. The molecule has 78 valence electrons. The Kier molecular flexibility index (Phi) is 3.58. The Balaban J connectivity index is 2.66. The van der Waals surface area contributed by atoms with Crippen LogP contribution in [0.3, 0.4) is 0 Å². The molecule has 1 N–H and O–H groups in total. The first kappa shape index (κ1) is 11.1. The van der Waals surface area contributed by atoms with Gasteiger partial charge in [-0.2, -0.15) is 8.78 Å². The maximum atomic E-state index is 13.5. The molecule has 0 amide bonds. The van der Waals surface area contributed by atoms with Crippen LogP contribution in [0.2, 0.25) is 0 Å². The molecule has 0 aliphatic carbocycles. The van der Waals surface area contributed by atoms with Crippen LogP contribution in [0.5, 0.6) is 0 Å². The van der Waals surface area contributed by atoms with Gasteiger partial charge in [0, 0.05) is 11.6 Å². The quantitative estimate of drug-likeness (QED) is 0.786. The van der Waals surface area contributed by atoms with Gasteiger partial charge in [-0.3, -0.25) is 0 Å². The summed E-state index contributed by atoms with van der Waals surface area (Å²) in [5.74, 6) is -2.79. The predicted octanol–water partition coefficient (Wildman–Crippen LogP) is 2.78. The van der Waals surface area contributed by atoms with E-state index in [0.717, 1.165) is 0 Å². The largest absolute Gasteiger partial charge is 0.309 e.